The van der Waals surface area contributed by atoms with E-state index in [-0.39, 0.29) is 23.6 Å². The van der Waals surface area contributed by atoms with Gasteiger partial charge in [-0.1, -0.05) is 30.3 Å². The van der Waals surface area contributed by atoms with Crippen LogP contribution in [0, 0.1) is 0 Å². The summed E-state index contributed by atoms with van der Waals surface area (Å²) in [7, 11) is 0. The van der Waals surface area contributed by atoms with Gasteiger partial charge in [-0.2, -0.15) is 0 Å². The predicted molar refractivity (Wildman–Crippen MR) is 129 cm³/mol. The number of pyridine rings is 1. The molecule has 0 fully saturated rings. The Morgan fingerprint density at radius 2 is 1.77 bits per heavy atom. The van der Waals surface area contributed by atoms with Crippen LogP contribution < -0.4 is 10.6 Å². The molecule has 3 aromatic rings. The number of thioether (sulfide) groups is 2. The summed E-state index contributed by atoms with van der Waals surface area (Å²) in [5.74, 6) is 0.788. The maximum Gasteiger partial charge on any atom is 0.256 e. The molecule has 0 saturated heterocycles. The van der Waals surface area contributed by atoms with Gasteiger partial charge in [0.1, 0.15) is 0 Å². The smallest absolute Gasteiger partial charge is 0.256 e. The van der Waals surface area contributed by atoms with Gasteiger partial charge in [0.2, 0.25) is 5.91 Å². The second-order valence-corrected chi connectivity index (χ2v) is 9.13. The van der Waals surface area contributed by atoms with Crippen LogP contribution in [0.5, 0.6) is 0 Å². The number of aromatic nitrogens is 1. The summed E-state index contributed by atoms with van der Waals surface area (Å²) in [5, 5.41) is 6.81. The summed E-state index contributed by atoms with van der Waals surface area (Å²) in [6.07, 6.45) is 1.78. The molecule has 1 heterocycles. The van der Waals surface area contributed by atoms with E-state index in [0.717, 1.165) is 26.9 Å². The van der Waals surface area contributed by atoms with Crippen LogP contribution in [0.2, 0.25) is 0 Å². The van der Waals surface area contributed by atoms with Gasteiger partial charge in [0, 0.05) is 28.6 Å². The number of rotatable bonds is 9. The van der Waals surface area contributed by atoms with Crippen molar-refractivity contribution in [3.05, 3.63) is 84.1 Å². The Kier molecular flexibility index (Phi) is 8.55. The van der Waals surface area contributed by atoms with Gasteiger partial charge in [-0.05, 0) is 55.8 Å². The monoisotopic (exact) mass is 451 g/mol. The molecule has 0 bridgehead atoms. The zero-order valence-corrected chi connectivity index (χ0v) is 19.1. The molecule has 0 aliphatic heterocycles. The highest BCUT2D eigenvalue weighted by atomic mass is 32.2. The van der Waals surface area contributed by atoms with Crippen molar-refractivity contribution in [2.75, 3.05) is 11.1 Å². The third-order valence-corrected chi connectivity index (χ3v) is 6.24. The Labute approximate surface area is 191 Å². The first-order valence-electron chi connectivity index (χ1n) is 9.96. The van der Waals surface area contributed by atoms with E-state index in [1.165, 1.54) is 11.8 Å². The number of nitrogens with one attached hydrogen (secondary N) is 2. The Balaban J connectivity index is 1.63. The molecule has 5 nitrogen and oxygen atoms in total. The van der Waals surface area contributed by atoms with Crippen molar-refractivity contribution in [1.29, 1.82) is 0 Å². The molecule has 2 amide bonds. The van der Waals surface area contributed by atoms with Gasteiger partial charge < -0.3 is 10.6 Å². The summed E-state index contributed by atoms with van der Waals surface area (Å²) >= 11 is 3.01. The van der Waals surface area contributed by atoms with Crippen molar-refractivity contribution in [2.45, 2.75) is 35.6 Å². The standard InChI is InChI=1S/C24H25N3O2S2/c1-17(2)26-22(28)16-30-21-11-4-3-10-20(21)24(29)27-19-9-7-8-18(14-19)15-31-23-12-5-6-13-25-23/h3-14,17H,15-16H2,1-2H3,(H,26,28)(H,27,29). The number of amides is 2. The van der Waals surface area contributed by atoms with Crippen molar-refractivity contribution in [2.24, 2.45) is 0 Å². The first-order chi connectivity index (χ1) is 15.0. The summed E-state index contributed by atoms with van der Waals surface area (Å²) in [6, 6.07) is 21.1. The summed E-state index contributed by atoms with van der Waals surface area (Å²) in [5.41, 5.74) is 2.39. The van der Waals surface area contributed by atoms with Crippen LogP contribution in [0.4, 0.5) is 5.69 Å². The molecule has 0 atom stereocenters. The Hall–Kier alpha value is -2.77. The number of anilines is 1. The first-order valence-corrected chi connectivity index (χ1v) is 11.9. The fraction of sp³-hybridized carbons (Fsp3) is 0.208. The van der Waals surface area contributed by atoms with E-state index in [9.17, 15) is 9.59 Å². The average molecular weight is 452 g/mol. The predicted octanol–water partition coefficient (Wildman–Crippen LogP) is 5.24. The topological polar surface area (TPSA) is 71.1 Å². The molecule has 160 valence electrons. The fourth-order valence-corrected chi connectivity index (χ4v) is 4.48. The largest absolute Gasteiger partial charge is 0.353 e. The fourth-order valence-electron chi connectivity index (χ4n) is 2.81. The van der Waals surface area contributed by atoms with E-state index < -0.39 is 0 Å². The van der Waals surface area contributed by atoms with Crippen LogP contribution in [0.15, 0.2) is 82.8 Å². The number of hydrogen-bond donors (Lipinski definition) is 2. The third kappa shape index (κ3) is 7.45. The van der Waals surface area contributed by atoms with E-state index in [0.29, 0.717) is 5.56 Å². The molecule has 2 N–H and O–H groups in total. The van der Waals surface area contributed by atoms with E-state index in [1.807, 2.05) is 74.5 Å². The number of benzene rings is 2. The molecule has 7 heteroatoms. The van der Waals surface area contributed by atoms with E-state index in [2.05, 4.69) is 15.6 Å². The number of hydrogen-bond acceptors (Lipinski definition) is 5. The van der Waals surface area contributed by atoms with Gasteiger partial charge in [0.05, 0.1) is 16.3 Å². The van der Waals surface area contributed by atoms with E-state index in [4.69, 9.17) is 0 Å². The van der Waals surface area contributed by atoms with Gasteiger partial charge in [-0.3, -0.25) is 9.59 Å². The third-order valence-electron chi connectivity index (χ3n) is 4.15. The molecule has 0 spiro atoms. The molecule has 3 rings (SSSR count). The molecule has 0 radical (unpaired) electrons. The lowest BCUT2D eigenvalue weighted by atomic mass is 10.2. The second kappa shape index (κ2) is 11.6. The Morgan fingerprint density at radius 3 is 2.55 bits per heavy atom. The van der Waals surface area contributed by atoms with Crippen LogP contribution in [0.1, 0.15) is 29.8 Å². The summed E-state index contributed by atoms with van der Waals surface area (Å²) in [4.78, 5) is 30.0. The van der Waals surface area contributed by atoms with Crippen molar-refractivity contribution in [3.8, 4) is 0 Å². The lowest BCUT2D eigenvalue weighted by Gasteiger charge is -2.12. The van der Waals surface area contributed by atoms with Crippen molar-refractivity contribution in [3.63, 3.8) is 0 Å². The molecule has 0 unspecified atom stereocenters. The van der Waals surface area contributed by atoms with Gasteiger partial charge in [0.25, 0.3) is 5.91 Å². The Bertz CT molecular complexity index is 1030. The lowest BCUT2D eigenvalue weighted by Crippen LogP contribution is -2.31. The molecular formula is C24H25N3O2S2. The summed E-state index contributed by atoms with van der Waals surface area (Å²) < 4.78 is 0. The first kappa shape index (κ1) is 22.9. The molecular weight excluding hydrogens is 426 g/mol. The Morgan fingerprint density at radius 1 is 0.968 bits per heavy atom. The van der Waals surface area contributed by atoms with Gasteiger partial charge in [0.15, 0.2) is 0 Å². The number of carbonyl (C=O) groups is 2. The highest BCUT2D eigenvalue weighted by Gasteiger charge is 2.13. The minimum atomic E-state index is -0.193. The minimum Gasteiger partial charge on any atom is -0.353 e. The SMILES string of the molecule is CC(C)NC(=O)CSc1ccccc1C(=O)Nc1cccc(CSc2ccccn2)c1. The molecule has 0 aliphatic carbocycles. The van der Waals surface area contributed by atoms with Crippen LogP contribution in [0.3, 0.4) is 0 Å². The van der Waals surface area contributed by atoms with Crippen molar-refractivity contribution < 1.29 is 9.59 Å². The van der Waals surface area contributed by atoms with Crippen molar-refractivity contribution >= 4 is 41.0 Å². The lowest BCUT2D eigenvalue weighted by molar-refractivity contribution is -0.119. The van der Waals surface area contributed by atoms with Crippen molar-refractivity contribution in [1.82, 2.24) is 10.3 Å². The molecule has 31 heavy (non-hydrogen) atoms. The molecule has 0 saturated carbocycles. The highest BCUT2D eigenvalue weighted by Crippen LogP contribution is 2.25. The van der Waals surface area contributed by atoms with Crippen LogP contribution in [-0.4, -0.2) is 28.6 Å². The highest BCUT2D eigenvalue weighted by molar-refractivity contribution is 8.00. The van der Waals surface area contributed by atoms with Gasteiger partial charge >= 0.3 is 0 Å². The summed E-state index contributed by atoms with van der Waals surface area (Å²) in [6.45, 7) is 3.85. The normalized spacial score (nSPS) is 10.7. The van der Waals surface area contributed by atoms with Crippen LogP contribution in [-0.2, 0) is 10.5 Å². The van der Waals surface area contributed by atoms with Gasteiger partial charge in [-0.25, -0.2) is 4.98 Å². The second-order valence-electron chi connectivity index (χ2n) is 7.12. The molecule has 1 aromatic heterocycles. The van der Waals surface area contributed by atoms with Gasteiger partial charge in [-0.15, -0.1) is 23.5 Å². The zero-order chi connectivity index (χ0) is 22.1. The minimum absolute atomic E-state index is 0.0479. The average Bonchev–Trinajstić information content (AvgIpc) is 2.77. The quantitative estimate of drug-likeness (QED) is 0.435. The molecule has 0 aliphatic rings. The maximum atomic E-state index is 12.9. The maximum absolute atomic E-state index is 12.9. The van der Waals surface area contributed by atoms with E-state index in [1.54, 1.807) is 24.0 Å². The number of carbonyl (C=O) groups excluding carboxylic acids is 2. The molecule has 2 aromatic carbocycles. The zero-order valence-electron chi connectivity index (χ0n) is 17.5. The van der Waals surface area contributed by atoms with Crippen LogP contribution >= 0.6 is 23.5 Å². The van der Waals surface area contributed by atoms with E-state index >= 15 is 0 Å². The van der Waals surface area contributed by atoms with Crippen LogP contribution in [0.25, 0.3) is 0 Å². The number of nitrogens with zero attached hydrogens (tertiary/aromatic N) is 1.